The SMILES string of the molecule is Cc1c[nH]c(CN2CCO[C@H](c3ccc(F)cc3)C2)c(C)c1=O. The fraction of sp³-hybridized carbons (Fsp3) is 0.389. The van der Waals surface area contributed by atoms with Crippen molar-refractivity contribution in [2.24, 2.45) is 0 Å². The van der Waals surface area contributed by atoms with Crippen LogP contribution in [0.2, 0.25) is 0 Å². The summed E-state index contributed by atoms with van der Waals surface area (Å²) in [6.45, 7) is 6.52. The molecule has 122 valence electrons. The summed E-state index contributed by atoms with van der Waals surface area (Å²) >= 11 is 0. The van der Waals surface area contributed by atoms with Crippen LogP contribution in [0.15, 0.2) is 35.3 Å². The first-order chi connectivity index (χ1) is 11.0. The first-order valence-corrected chi connectivity index (χ1v) is 7.82. The number of aryl methyl sites for hydroxylation is 1. The molecule has 0 unspecified atom stereocenters. The summed E-state index contributed by atoms with van der Waals surface area (Å²) in [5, 5.41) is 0. The van der Waals surface area contributed by atoms with Crippen molar-refractivity contribution in [3.63, 3.8) is 0 Å². The van der Waals surface area contributed by atoms with Crippen LogP contribution < -0.4 is 5.43 Å². The third kappa shape index (κ3) is 3.51. The number of hydrogen-bond acceptors (Lipinski definition) is 3. The molecule has 1 saturated heterocycles. The summed E-state index contributed by atoms with van der Waals surface area (Å²) in [6, 6.07) is 6.45. The van der Waals surface area contributed by atoms with E-state index in [-0.39, 0.29) is 17.3 Å². The van der Waals surface area contributed by atoms with E-state index in [0.717, 1.165) is 35.5 Å². The molecule has 0 bridgehead atoms. The van der Waals surface area contributed by atoms with Crippen LogP contribution in [0.1, 0.15) is 28.5 Å². The summed E-state index contributed by atoms with van der Waals surface area (Å²) in [5.74, 6) is -0.241. The molecule has 0 saturated carbocycles. The second-order valence-corrected chi connectivity index (χ2v) is 6.05. The zero-order chi connectivity index (χ0) is 16.4. The summed E-state index contributed by atoms with van der Waals surface area (Å²) in [6.07, 6.45) is 1.70. The minimum Gasteiger partial charge on any atom is -0.371 e. The number of aromatic nitrogens is 1. The van der Waals surface area contributed by atoms with Gasteiger partial charge in [-0.05, 0) is 31.5 Å². The van der Waals surface area contributed by atoms with Gasteiger partial charge in [0.25, 0.3) is 0 Å². The Hall–Kier alpha value is -1.98. The molecule has 5 heteroatoms. The average molecular weight is 316 g/mol. The van der Waals surface area contributed by atoms with E-state index in [0.29, 0.717) is 13.2 Å². The molecule has 2 aromatic rings. The zero-order valence-electron chi connectivity index (χ0n) is 13.4. The highest BCUT2D eigenvalue weighted by atomic mass is 19.1. The molecule has 1 aliphatic rings. The van der Waals surface area contributed by atoms with Crippen LogP contribution in [-0.4, -0.2) is 29.6 Å². The van der Waals surface area contributed by atoms with Crippen LogP contribution in [0.4, 0.5) is 4.39 Å². The lowest BCUT2D eigenvalue weighted by Crippen LogP contribution is -2.38. The summed E-state index contributed by atoms with van der Waals surface area (Å²) in [4.78, 5) is 17.5. The molecule has 2 heterocycles. The first-order valence-electron chi connectivity index (χ1n) is 7.82. The van der Waals surface area contributed by atoms with Crippen LogP contribution >= 0.6 is 0 Å². The fourth-order valence-electron chi connectivity index (χ4n) is 2.92. The number of benzene rings is 1. The standard InChI is InChI=1S/C18H21FN2O2/c1-12-9-20-16(13(2)18(12)22)10-21-7-8-23-17(11-21)14-3-5-15(19)6-4-14/h3-6,9,17H,7-8,10-11H2,1-2H3,(H,20,22)/t17-/m0/s1. The molecule has 1 atom stereocenters. The first kappa shape index (κ1) is 15.9. The van der Waals surface area contributed by atoms with Gasteiger partial charge in [-0.2, -0.15) is 0 Å². The summed E-state index contributed by atoms with van der Waals surface area (Å²) in [7, 11) is 0. The summed E-state index contributed by atoms with van der Waals surface area (Å²) < 4.78 is 18.9. The van der Waals surface area contributed by atoms with Gasteiger partial charge in [-0.1, -0.05) is 12.1 Å². The molecule has 1 fully saturated rings. The van der Waals surface area contributed by atoms with Gasteiger partial charge in [-0.15, -0.1) is 0 Å². The van der Waals surface area contributed by atoms with Gasteiger partial charge < -0.3 is 9.72 Å². The molecule has 0 spiro atoms. The van der Waals surface area contributed by atoms with Gasteiger partial charge in [0.1, 0.15) is 5.82 Å². The molecular weight excluding hydrogens is 295 g/mol. The minimum absolute atomic E-state index is 0.0678. The maximum absolute atomic E-state index is 13.0. The predicted molar refractivity (Wildman–Crippen MR) is 86.9 cm³/mol. The van der Waals surface area contributed by atoms with E-state index >= 15 is 0 Å². The van der Waals surface area contributed by atoms with Gasteiger partial charge in [0.2, 0.25) is 0 Å². The molecule has 1 N–H and O–H groups in total. The van der Waals surface area contributed by atoms with E-state index in [1.54, 1.807) is 18.3 Å². The second-order valence-electron chi connectivity index (χ2n) is 6.05. The van der Waals surface area contributed by atoms with Crippen molar-refractivity contribution in [3.05, 3.63) is 68.9 Å². The van der Waals surface area contributed by atoms with E-state index in [9.17, 15) is 9.18 Å². The highest BCUT2D eigenvalue weighted by molar-refractivity contribution is 5.24. The molecule has 4 nitrogen and oxygen atoms in total. The lowest BCUT2D eigenvalue weighted by molar-refractivity contribution is -0.0333. The van der Waals surface area contributed by atoms with Crippen LogP contribution in [-0.2, 0) is 11.3 Å². The highest BCUT2D eigenvalue weighted by Crippen LogP contribution is 2.23. The van der Waals surface area contributed by atoms with Gasteiger partial charge in [0.15, 0.2) is 5.43 Å². The van der Waals surface area contributed by atoms with Gasteiger partial charge >= 0.3 is 0 Å². The molecule has 0 radical (unpaired) electrons. The maximum Gasteiger partial charge on any atom is 0.187 e. The van der Waals surface area contributed by atoms with Crippen molar-refractivity contribution in [1.82, 2.24) is 9.88 Å². The number of rotatable bonds is 3. The third-order valence-corrected chi connectivity index (χ3v) is 4.39. The van der Waals surface area contributed by atoms with E-state index in [1.165, 1.54) is 12.1 Å². The number of halogens is 1. The van der Waals surface area contributed by atoms with E-state index in [1.807, 2.05) is 13.8 Å². The number of hydrogen-bond donors (Lipinski definition) is 1. The highest BCUT2D eigenvalue weighted by Gasteiger charge is 2.23. The topological polar surface area (TPSA) is 45.3 Å². The van der Waals surface area contributed by atoms with Gasteiger partial charge in [0.05, 0.1) is 12.7 Å². The number of ether oxygens (including phenoxy) is 1. The van der Waals surface area contributed by atoms with Crippen molar-refractivity contribution < 1.29 is 9.13 Å². The Morgan fingerprint density at radius 2 is 2.04 bits per heavy atom. The largest absolute Gasteiger partial charge is 0.371 e. The van der Waals surface area contributed by atoms with Gasteiger partial charge in [-0.25, -0.2) is 4.39 Å². The Kier molecular flexibility index (Phi) is 4.59. The smallest absolute Gasteiger partial charge is 0.187 e. The zero-order valence-corrected chi connectivity index (χ0v) is 13.4. The Labute approximate surface area is 134 Å². The van der Waals surface area contributed by atoms with Crippen molar-refractivity contribution >= 4 is 0 Å². The molecular formula is C18H21FN2O2. The normalized spacial score (nSPS) is 19.0. The van der Waals surface area contributed by atoms with Crippen molar-refractivity contribution in [1.29, 1.82) is 0 Å². The van der Waals surface area contributed by atoms with Gasteiger partial charge in [0, 0.05) is 42.7 Å². The third-order valence-electron chi connectivity index (χ3n) is 4.39. The quantitative estimate of drug-likeness (QED) is 0.947. The Balaban J connectivity index is 1.73. The maximum atomic E-state index is 13.0. The molecule has 23 heavy (non-hydrogen) atoms. The van der Waals surface area contributed by atoms with Crippen LogP contribution in [0.3, 0.4) is 0 Å². The monoisotopic (exact) mass is 316 g/mol. The Morgan fingerprint density at radius 1 is 1.30 bits per heavy atom. The number of nitrogens with one attached hydrogen (secondary N) is 1. The summed E-state index contributed by atoms with van der Waals surface area (Å²) in [5.41, 5.74) is 3.53. The van der Waals surface area contributed by atoms with Crippen molar-refractivity contribution in [2.45, 2.75) is 26.5 Å². The van der Waals surface area contributed by atoms with Crippen LogP contribution in [0.5, 0.6) is 0 Å². The number of aromatic amines is 1. The number of morpholine rings is 1. The fourth-order valence-corrected chi connectivity index (χ4v) is 2.92. The van der Waals surface area contributed by atoms with E-state index < -0.39 is 0 Å². The average Bonchev–Trinajstić information content (AvgIpc) is 2.56. The number of H-pyrrole nitrogens is 1. The Bertz CT molecular complexity index is 740. The van der Waals surface area contributed by atoms with Gasteiger partial charge in [-0.3, -0.25) is 9.69 Å². The lowest BCUT2D eigenvalue weighted by Gasteiger charge is -2.33. The minimum atomic E-state index is -0.241. The molecule has 0 aliphatic carbocycles. The number of nitrogens with zero attached hydrogens (tertiary/aromatic N) is 1. The van der Waals surface area contributed by atoms with E-state index in [2.05, 4.69) is 9.88 Å². The van der Waals surface area contributed by atoms with E-state index in [4.69, 9.17) is 4.74 Å². The Morgan fingerprint density at radius 3 is 2.78 bits per heavy atom. The van der Waals surface area contributed by atoms with Crippen LogP contribution in [0, 0.1) is 19.7 Å². The molecule has 0 amide bonds. The number of pyridine rings is 1. The molecule has 1 aromatic carbocycles. The predicted octanol–water partition coefficient (Wildman–Crippen LogP) is 2.70. The molecule has 1 aliphatic heterocycles. The van der Waals surface area contributed by atoms with Crippen LogP contribution in [0.25, 0.3) is 0 Å². The van der Waals surface area contributed by atoms with Crippen molar-refractivity contribution in [2.75, 3.05) is 19.7 Å². The molecule has 1 aromatic heterocycles. The van der Waals surface area contributed by atoms with Crippen molar-refractivity contribution in [3.8, 4) is 0 Å². The molecule has 3 rings (SSSR count). The second kappa shape index (κ2) is 6.64. The lowest BCUT2D eigenvalue weighted by atomic mass is 10.1.